The van der Waals surface area contributed by atoms with Crippen LogP contribution >= 0.6 is 11.8 Å². The average molecular weight is 469 g/mol. The lowest BCUT2D eigenvalue weighted by Gasteiger charge is -2.38. The normalized spacial score (nSPS) is 14.9. The highest BCUT2D eigenvalue weighted by atomic mass is 32.2. The van der Waals surface area contributed by atoms with E-state index in [0.717, 1.165) is 58.7 Å². The first-order valence-corrected chi connectivity index (χ1v) is 12.6. The lowest BCUT2D eigenvalue weighted by molar-refractivity contribution is 0.464. The lowest BCUT2D eigenvalue weighted by Crippen LogP contribution is -2.32. The van der Waals surface area contributed by atoms with Gasteiger partial charge in [0.2, 0.25) is 0 Å². The van der Waals surface area contributed by atoms with Gasteiger partial charge in [-0.25, -0.2) is 0 Å². The highest BCUT2D eigenvalue weighted by Crippen LogP contribution is 2.45. The van der Waals surface area contributed by atoms with Gasteiger partial charge in [-0.15, -0.1) is 0 Å². The molecule has 1 heterocycles. The Balaban J connectivity index is 1.38. The number of anilines is 2. The Morgan fingerprint density at radius 1 is 0.500 bits per heavy atom. The van der Waals surface area contributed by atoms with Crippen molar-refractivity contribution in [1.29, 1.82) is 0 Å². The van der Waals surface area contributed by atoms with Crippen molar-refractivity contribution >= 4 is 23.1 Å². The molecule has 5 rings (SSSR count). The first kappa shape index (κ1) is 22.2. The molecule has 0 aliphatic carbocycles. The summed E-state index contributed by atoms with van der Waals surface area (Å²) in [5.41, 5.74) is 15.6. The Hall–Kier alpha value is -3.57. The Labute approximate surface area is 204 Å². The minimum Gasteiger partial charge on any atom is -0.457 e. The third-order valence-corrected chi connectivity index (χ3v) is 7.38. The van der Waals surface area contributed by atoms with Gasteiger partial charge in [0.15, 0.2) is 0 Å². The van der Waals surface area contributed by atoms with E-state index in [1.54, 1.807) is 0 Å². The zero-order chi connectivity index (χ0) is 23.4. The second kappa shape index (κ2) is 9.74. The molecule has 34 heavy (non-hydrogen) atoms. The first-order valence-electron chi connectivity index (χ1n) is 11.5. The fourth-order valence-corrected chi connectivity index (χ4v) is 5.68. The van der Waals surface area contributed by atoms with Crippen molar-refractivity contribution in [2.75, 3.05) is 23.0 Å². The summed E-state index contributed by atoms with van der Waals surface area (Å²) in [6, 6.07) is 32.0. The molecule has 4 aromatic rings. The molecule has 1 fully saturated rings. The number of hydrogen-bond acceptors (Lipinski definition) is 5. The number of benzene rings is 4. The highest BCUT2D eigenvalue weighted by molar-refractivity contribution is 7.99. The Morgan fingerprint density at radius 2 is 0.824 bits per heavy atom. The molecule has 4 N–H and O–H groups in total. The molecule has 172 valence electrons. The second-order valence-corrected chi connectivity index (χ2v) is 9.81. The summed E-state index contributed by atoms with van der Waals surface area (Å²) in [5.74, 6) is 5.49. The molecule has 0 unspecified atom stereocenters. The number of thioether (sulfide) groups is 1. The summed E-state index contributed by atoms with van der Waals surface area (Å²) in [7, 11) is 0. The Morgan fingerprint density at radius 3 is 1.18 bits per heavy atom. The molecule has 0 saturated carbocycles. The molecule has 0 atom stereocenters. The predicted molar refractivity (Wildman–Crippen MR) is 142 cm³/mol. The van der Waals surface area contributed by atoms with Crippen molar-refractivity contribution in [2.24, 2.45) is 0 Å². The van der Waals surface area contributed by atoms with E-state index >= 15 is 0 Å². The third kappa shape index (κ3) is 4.85. The van der Waals surface area contributed by atoms with Crippen molar-refractivity contribution in [2.45, 2.75) is 18.3 Å². The SMILES string of the molecule is Nc1ccc(Oc2ccc(C3(c4ccc(Oc5ccc(N)cc5)cc4)CCSCC3)cc2)cc1. The van der Waals surface area contributed by atoms with Gasteiger partial charge >= 0.3 is 0 Å². The molecule has 1 aliphatic heterocycles. The van der Waals surface area contributed by atoms with Gasteiger partial charge in [0.25, 0.3) is 0 Å². The van der Waals surface area contributed by atoms with Crippen LogP contribution in [0, 0.1) is 0 Å². The standard InChI is InChI=1S/C29H28N2O2S/c30-23-5-13-27(14-6-23)32-25-9-1-21(2-10-25)29(17-19-34-20-18-29)22-3-11-26(12-4-22)33-28-15-7-24(31)8-16-28/h1-16H,17-20,30-31H2. The van der Waals surface area contributed by atoms with Gasteiger partial charge in [-0.2, -0.15) is 11.8 Å². The Bertz CT molecular complexity index is 1120. The minimum absolute atomic E-state index is 0.00922. The van der Waals surface area contributed by atoms with Crippen LogP contribution in [-0.4, -0.2) is 11.5 Å². The molecule has 0 spiro atoms. The monoisotopic (exact) mass is 468 g/mol. The molecule has 1 saturated heterocycles. The van der Waals surface area contributed by atoms with Crippen LogP contribution in [0.1, 0.15) is 24.0 Å². The topological polar surface area (TPSA) is 70.5 Å². The quantitative estimate of drug-likeness (QED) is 0.292. The zero-order valence-electron chi connectivity index (χ0n) is 18.9. The van der Waals surface area contributed by atoms with Crippen LogP contribution in [-0.2, 0) is 5.41 Å². The second-order valence-electron chi connectivity index (χ2n) is 8.59. The summed E-state index contributed by atoms with van der Waals surface area (Å²) in [6.07, 6.45) is 2.21. The summed E-state index contributed by atoms with van der Waals surface area (Å²) in [5, 5.41) is 0. The summed E-state index contributed by atoms with van der Waals surface area (Å²) >= 11 is 2.03. The molecule has 0 amide bonds. The molecule has 5 heteroatoms. The number of hydrogen-bond donors (Lipinski definition) is 2. The third-order valence-electron chi connectivity index (χ3n) is 6.39. The van der Waals surface area contributed by atoms with Crippen LogP contribution in [0.4, 0.5) is 11.4 Å². The van der Waals surface area contributed by atoms with Crippen LogP contribution in [0.15, 0.2) is 97.1 Å². The number of nitrogens with two attached hydrogens (primary N) is 2. The lowest BCUT2D eigenvalue weighted by atomic mass is 9.70. The van der Waals surface area contributed by atoms with Crippen molar-refractivity contribution < 1.29 is 9.47 Å². The molecule has 0 bridgehead atoms. The van der Waals surface area contributed by atoms with Crippen molar-refractivity contribution in [3.8, 4) is 23.0 Å². The van der Waals surface area contributed by atoms with E-state index in [1.807, 2.05) is 60.3 Å². The van der Waals surface area contributed by atoms with E-state index in [0.29, 0.717) is 0 Å². The van der Waals surface area contributed by atoms with Crippen LogP contribution in [0.3, 0.4) is 0 Å². The maximum absolute atomic E-state index is 6.01. The maximum atomic E-state index is 6.01. The van der Waals surface area contributed by atoms with Crippen LogP contribution in [0.5, 0.6) is 23.0 Å². The Kier molecular flexibility index (Phi) is 6.37. The molecular weight excluding hydrogens is 440 g/mol. The first-order chi connectivity index (χ1) is 16.6. The fraction of sp³-hybridized carbons (Fsp3) is 0.172. The molecule has 4 aromatic carbocycles. The van der Waals surface area contributed by atoms with Crippen LogP contribution in [0.25, 0.3) is 0 Å². The summed E-state index contributed by atoms with van der Waals surface area (Å²) in [6.45, 7) is 0. The summed E-state index contributed by atoms with van der Waals surface area (Å²) in [4.78, 5) is 0. The average Bonchev–Trinajstić information content (AvgIpc) is 2.88. The summed E-state index contributed by atoms with van der Waals surface area (Å²) < 4.78 is 12.0. The van der Waals surface area contributed by atoms with E-state index in [9.17, 15) is 0 Å². The molecule has 0 aromatic heterocycles. The number of rotatable bonds is 6. The van der Waals surface area contributed by atoms with Crippen molar-refractivity contribution in [1.82, 2.24) is 0 Å². The van der Waals surface area contributed by atoms with Gasteiger partial charge in [0.1, 0.15) is 23.0 Å². The van der Waals surface area contributed by atoms with E-state index in [2.05, 4.69) is 48.5 Å². The van der Waals surface area contributed by atoms with E-state index in [-0.39, 0.29) is 5.41 Å². The number of nitrogen functional groups attached to an aromatic ring is 2. The van der Waals surface area contributed by atoms with E-state index in [4.69, 9.17) is 20.9 Å². The van der Waals surface area contributed by atoms with Crippen LogP contribution < -0.4 is 20.9 Å². The van der Waals surface area contributed by atoms with Crippen molar-refractivity contribution in [3.05, 3.63) is 108 Å². The zero-order valence-corrected chi connectivity index (χ0v) is 19.8. The van der Waals surface area contributed by atoms with E-state index in [1.165, 1.54) is 11.1 Å². The minimum atomic E-state index is -0.00922. The predicted octanol–water partition coefficient (Wildman–Crippen LogP) is 7.25. The smallest absolute Gasteiger partial charge is 0.127 e. The van der Waals surface area contributed by atoms with Gasteiger partial charge in [-0.3, -0.25) is 0 Å². The molecule has 4 nitrogen and oxygen atoms in total. The van der Waals surface area contributed by atoms with Gasteiger partial charge in [0, 0.05) is 16.8 Å². The molecule has 0 radical (unpaired) electrons. The maximum Gasteiger partial charge on any atom is 0.127 e. The largest absolute Gasteiger partial charge is 0.457 e. The van der Waals surface area contributed by atoms with Gasteiger partial charge in [-0.1, -0.05) is 24.3 Å². The van der Waals surface area contributed by atoms with Gasteiger partial charge in [0.05, 0.1) is 0 Å². The highest BCUT2D eigenvalue weighted by Gasteiger charge is 2.36. The van der Waals surface area contributed by atoms with Crippen LogP contribution in [0.2, 0.25) is 0 Å². The fourth-order valence-electron chi connectivity index (χ4n) is 4.49. The van der Waals surface area contributed by atoms with Gasteiger partial charge < -0.3 is 20.9 Å². The van der Waals surface area contributed by atoms with Crippen molar-refractivity contribution in [3.63, 3.8) is 0 Å². The number of ether oxygens (including phenoxy) is 2. The van der Waals surface area contributed by atoms with Gasteiger partial charge in [-0.05, 0) is 108 Å². The molecule has 1 aliphatic rings. The molecular formula is C29H28N2O2S. The van der Waals surface area contributed by atoms with E-state index < -0.39 is 0 Å².